The second-order valence-corrected chi connectivity index (χ2v) is 8.17. The number of pyridine rings is 1. The van der Waals surface area contributed by atoms with Gasteiger partial charge in [-0.2, -0.15) is 5.21 Å². The molecular formula is C24H27N7. The Morgan fingerprint density at radius 1 is 1.03 bits per heavy atom. The molecule has 0 amide bonds. The second kappa shape index (κ2) is 9.22. The highest BCUT2D eigenvalue weighted by molar-refractivity contribution is 5.93. The van der Waals surface area contributed by atoms with Crippen LogP contribution in [0.15, 0.2) is 54.6 Å². The van der Waals surface area contributed by atoms with E-state index in [0.29, 0.717) is 5.82 Å². The molecular weight excluding hydrogens is 386 g/mol. The molecule has 1 atom stereocenters. The molecule has 1 fully saturated rings. The molecule has 7 heteroatoms. The van der Waals surface area contributed by atoms with Crippen molar-refractivity contribution in [3.05, 3.63) is 54.6 Å². The highest BCUT2D eigenvalue weighted by atomic mass is 15.5. The van der Waals surface area contributed by atoms with Gasteiger partial charge >= 0.3 is 0 Å². The zero-order chi connectivity index (χ0) is 20.9. The molecule has 0 aliphatic carbocycles. The first-order chi connectivity index (χ1) is 15.4. The van der Waals surface area contributed by atoms with Gasteiger partial charge in [0.1, 0.15) is 0 Å². The largest absolute Gasteiger partial charge is 0.384 e. The summed E-state index contributed by atoms with van der Waals surface area (Å²) in [5.74, 6) is 1.41. The summed E-state index contributed by atoms with van der Waals surface area (Å²) in [7, 11) is 0. The standard InChI is InChI=1S/C24H27N7/c1-2-8-21-20(7-1)23(26-14-4-6-17-5-3-13-25-16-17)15-22(27-21)18-9-11-19(12-10-18)24-28-30-31-29-24/h1-2,7-12,15,17,25H,3-6,13-14,16H2,(H,26,27)(H,28,29,30,31). The second-order valence-electron chi connectivity index (χ2n) is 8.17. The summed E-state index contributed by atoms with van der Waals surface area (Å²) in [5.41, 5.74) is 5.09. The van der Waals surface area contributed by atoms with Crippen LogP contribution in [0.2, 0.25) is 0 Å². The maximum absolute atomic E-state index is 4.90. The lowest BCUT2D eigenvalue weighted by molar-refractivity contribution is 0.353. The van der Waals surface area contributed by atoms with Gasteiger partial charge in [-0.1, -0.05) is 42.5 Å². The van der Waals surface area contributed by atoms with Gasteiger partial charge < -0.3 is 10.6 Å². The highest BCUT2D eigenvalue weighted by Gasteiger charge is 2.13. The summed E-state index contributed by atoms with van der Waals surface area (Å²) < 4.78 is 0. The minimum absolute atomic E-state index is 0.591. The molecule has 3 N–H and O–H groups in total. The van der Waals surface area contributed by atoms with Gasteiger partial charge in [0, 0.05) is 28.7 Å². The van der Waals surface area contributed by atoms with Crippen LogP contribution in [0.3, 0.4) is 0 Å². The normalized spacial score (nSPS) is 16.5. The number of nitrogens with zero attached hydrogens (tertiary/aromatic N) is 4. The van der Waals surface area contributed by atoms with Crippen LogP contribution in [0.5, 0.6) is 0 Å². The van der Waals surface area contributed by atoms with E-state index < -0.39 is 0 Å². The van der Waals surface area contributed by atoms with Crippen LogP contribution in [0.25, 0.3) is 33.5 Å². The number of anilines is 1. The molecule has 7 nitrogen and oxygen atoms in total. The molecule has 0 radical (unpaired) electrons. The number of aromatic amines is 1. The van der Waals surface area contributed by atoms with Crippen LogP contribution >= 0.6 is 0 Å². The minimum atomic E-state index is 0.591. The fourth-order valence-corrected chi connectivity index (χ4v) is 4.33. The van der Waals surface area contributed by atoms with E-state index in [0.717, 1.165) is 45.9 Å². The Hall–Kier alpha value is -3.32. The molecule has 1 unspecified atom stereocenters. The molecule has 5 rings (SSSR count). The third kappa shape index (κ3) is 4.56. The maximum Gasteiger partial charge on any atom is 0.204 e. The number of rotatable bonds is 7. The first-order valence-corrected chi connectivity index (χ1v) is 11.1. The van der Waals surface area contributed by atoms with Crippen molar-refractivity contribution in [1.82, 2.24) is 30.9 Å². The third-order valence-electron chi connectivity index (χ3n) is 6.00. The molecule has 158 valence electrons. The highest BCUT2D eigenvalue weighted by Crippen LogP contribution is 2.29. The van der Waals surface area contributed by atoms with E-state index in [-0.39, 0.29) is 0 Å². The molecule has 0 bridgehead atoms. The Morgan fingerprint density at radius 3 is 2.71 bits per heavy atom. The summed E-state index contributed by atoms with van der Waals surface area (Å²) in [6, 6.07) is 18.6. The number of H-pyrrole nitrogens is 1. The molecule has 4 aromatic rings. The Kier molecular flexibility index (Phi) is 5.84. The topological polar surface area (TPSA) is 91.4 Å². The van der Waals surface area contributed by atoms with E-state index in [9.17, 15) is 0 Å². The van der Waals surface area contributed by atoms with Crippen molar-refractivity contribution in [2.24, 2.45) is 5.92 Å². The van der Waals surface area contributed by atoms with Crippen LogP contribution in [0, 0.1) is 5.92 Å². The van der Waals surface area contributed by atoms with Crippen molar-refractivity contribution in [3.63, 3.8) is 0 Å². The van der Waals surface area contributed by atoms with Crippen LogP contribution in [-0.2, 0) is 0 Å². The van der Waals surface area contributed by atoms with Crippen LogP contribution in [0.1, 0.15) is 25.7 Å². The number of fused-ring (bicyclic) bond motifs is 1. The van der Waals surface area contributed by atoms with Gasteiger partial charge in [-0.3, -0.25) is 0 Å². The first-order valence-electron chi connectivity index (χ1n) is 11.1. The predicted molar refractivity (Wildman–Crippen MR) is 124 cm³/mol. The summed E-state index contributed by atoms with van der Waals surface area (Å²) in [6.45, 7) is 3.32. The monoisotopic (exact) mass is 413 g/mol. The van der Waals surface area contributed by atoms with Gasteiger partial charge in [-0.25, -0.2) is 4.98 Å². The summed E-state index contributed by atoms with van der Waals surface area (Å²) >= 11 is 0. The van der Waals surface area contributed by atoms with Gasteiger partial charge in [0.05, 0.1) is 11.2 Å². The quantitative estimate of drug-likeness (QED) is 0.392. The molecule has 2 aromatic carbocycles. The molecule has 0 spiro atoms. The molecule has 1 aliphatic rings. The summed E-state index contributed by atoms with van der Waals surface area (Å²) in [4.78, 5) is 4.90. The van der Waals surface area contributed by atoms with Gasteiger partial charge in [0.25, 0.3) is 0 Å². The van der Waals surface area contributed by atoms with Crippen molar-refractivity contribution in [1.29, 1.82) is 0 Å². The van der Waals surface area contributed by atoms with Crippen LogP contribution in [0.4, 0.5) is 5.69 Å². The fraction of sp³-hybridized carbons (Fsp3) is 0.333. The number of nitrogens with one attached hydrogen (secondary N) is 3. The molecule has 31 heavy (non-hydrogen) atoms. The summed E-state index contributed by atoms with van der Waals surface area (Å²) in [5, 5.41) is 22.6. The number of piperidine rings is 1. The minimum Gasteiger partial charge on any atom is -0.384 e. The first kappa shape index (κ1) is 19.6. The van der Waals surface area contributed by atoms with E-state index in [1.54, 1.807) is 0 Å². The van der Waals surface area contributed by atoms with E-state index in [1.165, 1.54) is 38.8 Å². The summed E-state index contributed by atoms with van der Waals surface area (Å²) in [6.07, 6.45) is 5.11. The lowest BCUT2D eigenvalue weighted by atomic mass is 9.95. The SMILES string of the molecule is c1ccc2c(NCCCC3CCCNC3)cc(-c3ccc(-c4nn[nH]n4)cc3)nc2c1. The third-order valence-corrected chi connectivity index (χ3v) is 6.00. The smallest absolute Gasteiger partial charge is 0.204 e. The number of hydrogen-bond acceptors (Lipinski definition) is 6. The van der Waals surface area contributed by atoms with Crippen LogP contribution in [-0.4, -0.2) is 45.2 Å². The van der Waals surface area contributed by atoms with E-state index >= 15 is 0 Å². The van der Waals surface area contributed by atoms with Gasteiger partial charge in [-0.15, -0.1) is 10.2 Å². The maximum atomic E-state index is 4.90. The lowest BCUT2D eigenvalue weighted by Crippen LogP contribution is -2.29. The average Bonchev–Trinajstić information content (AvgIpc) is 3.37. The lowest BCUT2D eigenvalue weighted by Gasteiger charge is -2.22. The molecule has 2 aromatic heterocycles. The van der Waals surface area contributed by atoms with Crippen molar-refractivity contribution >= 4 is 16.6 Å². The Morgan fingerprint density at radius 2 is 1.90 bits per heavy atom. The molecule has 3 heterocycles. The van der Waals surface area contributed by atoms with E-state index in [2.05, 4.69) is 67.7 Å². The van der Waals surface area contributed by atoms with Crippen molar-refractivity contribution in [2.75, 3.05) is 25.0 Å². The van der Waals surface area contributed by atoms with E-state index in [4.69, 9.17) is 4.98 Å². The molecule has 1 aliphatic heterocycles. The van der Waals surface area contributed by atoms with Crippen molar-refractivity contribution in [2.45, 2.75) is 25.7 Å². The molecule has 0 saturated carbocycles. The number of benzene rings is 2. The number of tetrazole rings is 1. The average molecular weight is 414 g/mol. The number of aromatic nitrogens is 5. The van der Waals surface area contributed by atoms with Crippen LogP contribution < -0.4 is 10.6 Å². The van der Waals surface area contributed by atoms with Gasteiger partial charge in [0.15, 0.2) is 0 Å². The molecule has 1 saturated heterocycles. The Labute approximate surface area is 181 Å². The van der Waals surface area contributed by atoms with Crippen molar-refractivity contribution in [3.8, 4) is 22.6 Å². The van der Waals surface area contributed by atoms with Gasteiger partial charge in [0.2, 0.25) is 5.82 Å². The zero-order valence-corrected chi connectivity index (χ0v) is 17.5. The fourth-order valence-electron chi connectivity index (χ4n) is 4.33. The zero-order valence-electron chi connectivity index (χ0n) is 17.5. The number of para-hydroxylation sites is 1. The number of hydrogen-bond donors (Lipinski definition) is 3. The Bertz CT molecular complexity index is 1120. The van der Waals surface area contributed by atoms with Crippen molar-refractivity contribution < 1.29 is 0 Å². The van der Waals surface area contributed by atoms with Gasteiger partial charge in [-0.05, 0) is 62.0 Å². The Balaban J connectivity index is 1.34. The van der Waals surface area contributed by atoms with E-state index in [1.807, 2.05) is 18.2 Å². The predicted octanol–water partition coefficient (Wildman–Crippen LogP) is 4.27.